The molecule has 0 saturated carbocycles. The molecular weight excluding hydrogens is 464 g/mol. The van der Waals surface area contributed by atoms with Gasteiger partial charge in [0.25, 0.3) is 5.91 Å². The molecule has 186 valence electrons. The van der Waals surface area contributed by atoms with E-state index in [2.05, 4.69) is 11.4 Å². The predicted octanol–water partition coefficient (Wildman–Crippen LogP) is 4.00. The van der Waals surface area contributed by atoms with Gasteiger partial charge in [-0.3, -0.25) is 4.79 Å². The minimum Gasteiger partial charge on any atom is -0.452 e. The molecule has 0 spiro atoms. The molecule has 2 aliphatic rings. The Morgan fingerprint density at radius 2 is 1.69 bits per heavy atom. The number of rotatable bonds is 7. The molecule has 0 unspecified atom stereocenters. The second-order valence-electron chi connectivity index (χ2n) is 9.04. The van der Waals surface area contributed by atoms with Crippen molar-refractivity contribution < 1.29 is 22.7 Å². The van der Waals surface area contributed by atoms with Crippen molar-refractivity contribution in [3.05, 3.63) is 71.3 Å². The molecule has 2 aromatic carbocycles. The van der Waals surface area contributed by atoms with Crippen molar-refractivity contribution in [3.63, 3.8) is 0 Å². The highest BCUT2D eigenvalue weighted by Gasteiger charge is 2.25. The number of hydrogen-bond donors (Lipinski definition) is 1. The van der Waals surface area contributed by atoms with Gasteiger partial charge < -0.3 is 10.1 Å². The molecule has 1 aliphatic carbocycles. The summed E-state index contributed by atoms with van der Waals surface area (Å²) in [7, 11) is -3.51. The molecule has 1 aliphatic heterocycles. The van der Waals surface area contributed by atoms with Crippen molar-refractivity contribution in [3.8, 4) is 0 Å². The van der Waals surface area contributed by atoms with Crippen LogP contribution in [0.15, 0.2) is 59.5 Å². The van der Waals surface area contributed by atoms with E-state index in [1.165, 1.54) is 11.6 Å². The molecule has 2 aromatic rings. The summed E-state index contributed by atoms with van der Waals surface area (Å²) in [6, 6.07) is 14.4. The highest BCUT2D eigenvalue weighted by atomic mass is 32.2. The Kier molecular flexibility index (Phi) is 8.36. The van der Waals surface area contributed by atoms with Gasteiger partial charge in [-0.15, -0.1) is 0 Å². The summed E-state index contributed by atoms with van der Waals surface area (Å²) in [6.07, 6.45) is 9.53. The van der Waals surface area contributed by atoms with E-state index in [-0.39, 0.29) is 23.5 Å². The molecule has 7 nitrogen and oxygen atoms in total. The smallest absolute Gasteiger partial charge is 0.331 e. The van der Waals surface area contributed by atoms with Crippen molar-refractivity contribution in [2.45, 2.75) is 55.9 Å². The number of fused-ring (bicyclic) bond motifs is 1. The SMILES string of the molecule is O=C(COC(=O)/C=C/c1ccc(S(=O)(=O)N2CCCCCC2)cc1)N[C@@H]1CCCc2ccccc21. The van der Waals surface area contributed by atoms with Gasteiger partial charge in [-0.2, -0.15) is 4.31 Å². The lowest BCUT2D eigenvalue weighted by Gasteiger charge is -2.26. The van der Waals surface area contributed by atoms with Crippen molar-refractivity contribution >= 4 is 28.0 Å². The van der Waals surface area contributed by atoms with Crippen LogP contribution < -0.4 is 5.32 Å². The molecular formula is C27H32N2O5S. The zero-order valence-electron chi connectivity index (χ0n) is 19.8. The summed E-state index contributed by atoms with van der Waals surface area (Å²) in [6.45, 7) is 0.752. The number of ether oxygens (including phenoxy) is 1. The third kappa shape index (κ3) is 6.58. The number of nitrogens with zero attached hydrogens (tertiary/aromatic N) is 1. The highest BCUT2D eigenvalue weighted by Crippen LogP contribution is 2.29. The lowest BCUT2D eigenvalue weighted by Crippen LogP contribution is -2.34. The number of amides is 1. The largest absolute Gasteiger partial charge is 0.452 e. The molecule has 4 rings (SSSR count). The number of sulfonamides is 1. The summed E-state index contributed by atoms with van der Waals surface area (Å²) < 4.78 is 32.4. The fourth-order valence-corrected chi connectivity index (χ4v) is 6.19. The normalized spacial score (nSPS) is 19.0. The maximum Gasteiger partial charge on any atom is 0.331 e. The van der Waals surface area contributed by atoms with E-state index in [4.69, 9.17) is 4.74 Å². The zero-order chi connectivity index (χ0) is 24.7. The van der Waals surface area contributed by atoms with Gasteiger partial charge in [-0.1, -0.05) is 49.2 Å². The van der Waals surface area contributed by atoms with E-state index < -0.39 is 16.0 Å². The molecule has 1 atom stereocenters. The number of carbonyl (C=O) groups excluding carboxylic acids is 2. The molecule has 1 N–H and O–H groups in total. The van der Waals surface area contributed by atoms with Gasteiger partial charge in [0.2, 0.25) is 10.0 Å². The first kappa shape index (κ1) is 25.1. The molecule has 1 fully saturated rings. The van der Waals surface area contributed by atoms with Crippen molar-refractivity contribution in [2.24, 2.45) is 0 Å². The van der Waals surface area contributed by atoms with Crippen LogP contribution in [0, 0.1) is 0 Å². The van der Waals surface area contributed by atoms with Gasteiger partial charge in [0, 0.05) is 19.2 Å². The summed E-state index contributed by atoms with van der Waals surface area (Å²) in [5.74, 6) is -0.970. The Bertz CT molecular complexity index is 1170. The highest BCUT2D eigenvalue weighted by molar-refractivity contribution is 7.89. The zero-order valence-corrected chi connectivity index (χ0v) is 20.6. The lowest BCUT2D eigenvalue weighted by atomic mass is 9.88. The molecule has 8 heteroatoms. The van der Waals surface area contributed by atoms with Crippen molar-refractivity contribution in [1.82, 2.24) is 9.62 Å². The third-order valence-corrected chi connectivity index (χ3v) is 8.46. The van der Waals surface area contributed by atoms with E-state index in [1.54, 1.807) is 34.6 Å². The Morgan fingerprint density at radius 1 is 0.971 bits per heavy atom. The maximum atomic E-state index is 12.9. The van der Waals surface area contributed by atoms with Crippen LogP contribution in [0.5, 0.6) is 0 Å². The van der Waals surface area contributed by atoms with Crippen LogP contribution in [-0.4, -0.2) is 44.3 Å². The standard InChI is InChI=1S/C27H32N2O5S/c30-26(28-25-11-7-9-22-8-3-4-10-24(22)25)20-34-27(31)17-14-21-12-15-23(16-13-21)35(32,33)29-18-5-1-2-6-19-29/h3-4,8,10,12-17,25H,1-2,5-7,9,11,18-20H2,(H,28,30)/b17-14+/t25-/m1/s1. The summed E-state index contributed by atoms with van der Waals surface area (Å²) in [4.78, 5) is 24.6. The van der Waals surface area contributed by atoms with Gasteiger partial charge in [0.1, 0.15) is 0 Å². The Labute approximate surface area is 207 Å². The number of nitrogens with one attached hydrogen (secondary N) is 1. The van der Waals surface area contributed by atoms with Crippen LogP contribution in [0.4, 0.5) is 0 Å². The molecule has 0 bridgehead atoms. The number of benzene rings is 2. The second-order valence-corrected chi connectivity index (χ2v) is 11.0. The monoisotopic (exact) mass is 496 g/mol. The topological polar surface area (TPSA) is 92.8 Å². The van der Waals surface area contributed by atoms with Crippen molar-refractivity contribution in [2.75, 3.05) is 19.7 Å². The molecule has 0 aromatic heterocycles. The van der Waals surface area contributed by atoms with E-state index in [0.717, 1.165) is 50.5 Å². The van der Waals surface area contributed by atoms with E-state index >= 15 is 0 Å². The predicted molar refractivity (Wildman–Crippen MR) is 134 cm³/mol. The average molecular weight is 497 g/mol. The quantitative estimate of drug-likeness (QED) is 0.462. The summed E-state index contributed by atoms with van der Waals surface area (Å²) >= 11 is 0. The minimum absolute atomic E-state index is 0.0641. The Morgan fingerprint density at radius 3 is 2.43 bits per heavy atom. The molecule has 35 heavy (non-hydrogen) atoms. The van der Waals surface area contributed by atoms with Crippen LogP contribution in [-0.2, 0) is 30.8 Å². The van der Waals surface area contributed by atoms with Crippen LogP contribution in [0.1, 0.15) is 61.3 Å². The van der Waals surface area contributed by atoms with Crippen LogP contribution >= 0.6 is 0 Å². The van der Waals surface area contributed by atoms with E-state index in [9.17, 15) is 18.0 Å². The first-order chi connectivity index (χ1) is 16.9. The second kappa shape index (κ2) is 11.6. The minimum atomic E-state index is -3.51. The van der Waals surface area contributed by atoms with Gasteiger partial charge in [-0.05, 0) is 67.0 Å². The number of hydrogen-bond acceptors (Lipinski definition) is 5. The van der Waals surface area contributed by atoms with Crippen molar-refractivity contribution in [1.29, 1.82) is 0 Å². The first-order valence-electron chi connectivity index (χ1n) is 12.3. The summed E-state index contributed by atoms with van der Waals surface area (Å²) in [5, 5.41) is 2.95. The van der Waals surface area contributed by atoms with Gasteiger partial charge in [0.05, 0.1) is 10.9 Å². The number of carbonyl (C=O) groups is 2. The maximum absolute atomic E-state index is 12.9. The van der Waals surface area contributed by atoms with Crippen LogP contribution in [0.2, 0.25) is 0 Å². The van der Waals surface area contributed by atoms with E-state index in [1.807, 2.05) is 18.2 Å². The lowest BCUT2D eigenvalue weighted by molar-refractivity contribution is -0.144. The van der Waals surface area contributed by atoms with Gasteiger partial charge in [0.15, 0.2) is 6.61 Å². The third-order valence-electron chi connectivity index (χ3n) is 6.54. The van der Waals surface area contributed by atoms with Crippen LogP contribution in [0.3, 0.4) is 0 Å². The van der Waals surface area contributed by atoms with Gasteiger partial charge in [-0.25, -0.2) is 13.2 Å². The Balaban J connectivity index is 1.27. The molecule has 1 heterocycles. The molecule has 1 amide bonds. The fourth-order valence-electron chi connectivity index (χ4n) is 4.67. The number of esters is 1. The first-order valence-corrected chi connectivity index (χ1v) is 13.7. The Hall–Kier alpha value is -2.97. The van der Waals surface area contributed by atoms with E-state index in [0.29, 0.717) is 18.7 Å². The average Bonchev–Trinajstić information content (AvgIpc) is 3.17. The fraction of sp³-hybridized carbons (Fsp3) is 0.407. The van der Waals surface area contributed by atoms with Gasteiger partial charge >= 0.3 is 5.97 Å². The molecule has 1 saturated heterocycles. The molecule has 0 radical (unpaired) electrons. The van der Waals surface area contributed by atoms with Crippen LogP contribution in [0.25, 0.3) is 6.08 Å². The number of aryl methyl sites for hydroxylation is 1. The summed E-state index contributed by atoms with van der Waals surface area (Å²) in [5.41, 5.74) is 3.04.